The number of nitrogens with one attached hydrogen (secondary N) is 2. The minimum Gasteiger partial charge on any atom is -0.508 e. The number of rotatable bonds is 3. The van der Waals surface area contributed by atoms with Crippen LogP contribution in [0, 0.1) is 0 Å². The zero-order valence-electron chi connectivity index (χ0n) is 12.4. The molecule has 24 heavy (non-hydrogen) atoms. The lowest BCUT2D eigenvalue weighted by Gasteiger charge is -2.08. The molecule has 0 amide bonds. The molecule has 0 aliphatic heterocycles. The average molecular weight is 319 g/mol. The number of aromatic nitrogens is 5. The lowest BCUT2D eigenvalue weighted by atomic mass is 10.1. The Morgan fingerprint density at radius 2 is 1.92 bits per heavy atom. The van der Waals surface area contributed by atoms with Crippen molar-refractivity contribution >= 4 is 28.2 Å². The zero-order chi connectivity index (χ0) is 16.5. The molecule has 0 saturated carbocycles. The number of aromatic hydroxyl groups is 1. The Bertz CT molecular complexity index is 1010. The monoisotopic (exact) mass is 319 g/mol. The first-order valence-electron chi connectivity index (χ1n) is 7.20. The molecule has 0 fully saturated rings. The number of pyridine rings is 1. The summed E-state index contributed by atoms with van der Waals surface area (Å²) < 4.78 is 0. The number of nitrogen functional groups attached to an aromatic ring is 1. The summed E-state index contributed by atoms with van der Waals surface area (Å²) in [4.78, 5) is 7.16. The molecule has 0 aliphatic rings. The molecule has 8 heteroatoms. The summed E-state index contributed by atoms with van der Waals surface area (Å²) in [5, 5.41) is 25.4. The predicted octanol–water partition coefficient (Wildman–Crippen LogP) is 2.45. The number of fused-ring (bicyclic) bond motifs is 1. The van der Waals surface area contributed by atoms with Crippen LogP contribution in [0.15, 0.2) is 48.8 Å². The molecule has 0 aliphatic carbocycles. The van der Waals surface area contributed by atoms with Gasteiger partial charge < -0.3 is 21.1 Å². The quantitative estimate of drug-likeness (QED) is 0.427. The summed E-state index contributed by atoms with van der Waals surface area (Å²) in [7, 11) is 0. The molecule has 8 nitrogen and oxygen atoms in total. The first-order chi connectivity index (χ1) is 11.7. The van der Waals surface area contributed by atoms with Crippen LogP contribution in [0.1, 0.15) is 0 Å². The van der Waals surface area contributed by atoms with Gasteiger partial charge in [0, 0.05) is 23.6 Å². The maximum atomic E-state index is 9.39. The Hall–Kier alpha value is -3.68. The van der Waals surface area contributed by atoms with Gasteiger partial charge in [-0.25, -0.2) is 4.98 Å². The van der Waals surface area contributed by atoms with E-state index in [0.717, 1.165) is 16.8 Å². The van der Waals surface area contributed by atoms with Crippen LogP contribution in [-0.2, 0) is 0 Å². The van der Waals surface area contributed by atoms with Crippen molar-refractivity contribution in [3.63, 3.8) is 0 Å². The fourth-order valence-corrected chi connectivity index (χ4v) is 2.50. The SMILES string of the molecule is Nc1ncccc1-c1nnnc2[nH]cc(Nc3ccc(O)cc3)c12. The van der Waals surface area contributed by atoms with Gasteiger partial charge in [-0.15, -0.1) is 10.2 Å². The van der Waals surface area contributed by atoms with E-state index in [2.05, 4.69) is 30.7 Å². The number of benzene rings is 1. The van der Waals surface area contributed by atoms with Crippen LogP contribution < -0.4 is 11.1 Å². The molecule has 0 saturated heterocycles. The maximum Gasteiger partial charge on any atom is 0.166 e. The van der Waals surface area contributed by atoms with Crippen molar-refractivity contribution in [2.45, 2.75) is 0 Å². The average Bonchev–Trinajstić information content (AvgIpc) is 3.01. The smallest absolute Gasteiger partial charge is 0.166 e. The molecule has 4 aromatic rings. The fourth-order valence-electron chi connectivity index (χ4n) is 2.50. The van der Waals surface area contributed by atoms with Crippen LogP contribution in [0.3, 0.4) is 0 Å². The third kappa shape index (κ3) is 2.35. The van der Waals surface area contributed by atoms with Crippen LogP contribution in [0.5, 0.6) is 5.75 Å². The second kappa shape index (κ2) is 5.51. The zero-order valence-corrected chi connectivity index (χ0v) is 12.4. The van der Waals surface area contributed by atoms with Gasteiger partial charge in [0.15, 0.2) is 5.65 Å². The molecule has 0 bridgehead atoms. The molecule has 118 valence electrons. The highest BCUT2D eigenvalue weighted by Gasteiger charge is 2.16. The van der Waals surface area contributed by atoms with E-state index < -0.39 is 0 Å². The Morgan fingerprint density at radius 3 is 2.71 bits per heavy atom. The van der Waals surface area contributed by atoms with Crippen molar-refractivity contribution in [2.24, 2.45) is 0 Å². The van der Waals surface area contributed by atoms with E-state index in [1.165, 1.54) is 0 Å². The lowest BCUT2D eigenvalue weighted by Crippen LogP contribution is -1.99. The Labute approximate surface area is 136 Å². The summed E-state index contributed by atoms with van der Waals surface area (Å²) in [5.74, 6) is 0.576. The van der Waals surface area contributed by atoms with Crippen molar-refractivity contribution in [1.82, 2.24) is 25.4 Å². The van der Waals surface area contributed by atoms with Crippen LogP contribution in [0.25, 0.3) is 22.3 Å². The Morgan fingerprint density at radius 1 is 1.08 bits per heavy atom. The summed E-state index contributed by atoms with van der Waals surface area (Å²) >= 11 is 0. The first-order valence-corrected chi connectivity index (χ1v) is 7.20. The molecular weight excluding hydrogens is 306 g/mol. The summed E-state index contributed by atoms with van der Waals surface area (Å²) in [6, 6.07) is 10.4. The molecule has 3 heterocycles. The number of nitrogens with two attached hydrogens (primary N) is 1. The highest BCUT2D eigenvalue weighted by atomic mass is 16.3. The van der Waals surface area contributed by atoms with E-state index >= 15 is 0 Å². The Kier molecular flexibility index (Phi) is 3.20. The second-order valence-corrected chi connectivity index (χ2v) is 5.17. The number of phenolic OH excluding ortho intramolecular Hbond substituents is 1. The molecule has 4 rings (SSSR count). The van der Waals surface area contributed by atoms with E-state index in [4.69, 9.17) is 5.73 Å². The predicted molar refractivity (Wildman–Crippen MR) is 90.7 cm³/mol. The molecule has 0 unspecified atom stereocenters. The van der Waals surface area contributed by atoms with Crippen molar-refractivity contribution in [3.05, 3.63) is 48.8 Å². The van der Waals surface area contributed by atoms with E-state index in [1.807, 2.05) is 6.07 Å². The van der Waals surface area contributed by atoms with E-state index in [9.17, 15) is 5.11 Å². The second-order valence-electron chi connectivity index (χ2n) is 5.17. The normalized spacial score (nSPS) is 10.8. The standard InChI is InChI=1S/C16H13N7O/c17-15-11(2-1-7-18-15)14-13-12(8-19-16(13)22-23-21-14)20-9-3-5-10(24)6-4-9/h1-8,20,24H,(H2,17,18)(H,19,21,22). The van der Waals surface area contributed by atoms with E-state index in [1.54, 1.807) is 42.7 Å². The minimum atomic E-state index is 0.204. The molecule has 0 radical (unpaired) electrons. The van der Waals surface area contributed by atoms with Crippen LogP contribution in [0.2, 0.25) is 0 Å². The van der Waals surface area contributed by atoms with E-state index in [-0.39, 0.29) is 5.75 Å². The van der Waals surface area contributed by atoms with Crippen molar-refractivity contribution in [3.8, 4) is 17.0 Å². The highest BCUT2D eigenvalue weighted by molar-refractivity contribution is 6.02. The summed E-state index contributed by atoms with van der Waals surface area (Å²) in [5.41, 5.74) is 9.43. The number of anilines is 3. The maximum absolute atomic E-state index is 9.39. The van der Waals surface area contributed by atoms with Gasteiger partial charge in [-0.3, -0.25) is 0 Å². The van der Waals surface area contributed by atoms with Gasteiger partial charge in [-0.05, 0) is 41.6 Å². The summed E-state index contributed by atoms with van der Waals surface area (Å²) in [6.07, 6.45) is 3.40. The third-order valence-corrected chi connectivity index (χ3v) is 3.63. The number of hydrogen-bond donors (Lipinski definition) is 4. The van der Waals surface area contributed by atoms with Gasteiger partial charge in [-0.2, -0.15) is 0 Å². The number of nitrogens with zero attached hydrogens (tertiary/aromatic N) is 4. The fraction of sp³-hybridized carbons (Fsp3) is 0. The van der Waals surface area contributed by atoms with Crippen molar-refractivity contribution < 1.29 is 5.11 Å². The minimum absolute atomic E-state index is 0.204. The number of H-pyrrole nitrogens is 1. The first kappa shape index (κ1) is 13.9. The molecule has 3 aromatic heterocycles. The van der Waals surface area contributed by atoms with E-state index in [0.29, 0.717) is 22.7 Å². The topological polar surface area (TPSA) is 126 Å². The molecular formula is C16H13N7O. The number of phenols is 1. The number of aromatic amines is 1. The van der Waals surface area contributed by atoms with Crippen molar-refractivity contribution in [1.29, 1.82) is 0 Å². The van der Waals surface area contributed by atoms with Gasteiger partial charge in [-0.1, -0.05) is 0 Å². The number of hydrogen-bond acceptors (Lipinski definition) is 7. The van der Waals surface area contributed by atoms with Gasteiger partial charge in [0.2, 0.25) is 0 Å². The highest BCUT2D eigenvalue weighted by Crippen LogP contribution is 2.34. The van der Waals surface area contributed by atoms with Gasteiger partial charge >= 0.3 is 0 Å². The van der Waals surface area contributed by atoms with Crippen LogP contribution >= 0.6 is 0 Å². The summed E-state index contributed by atoms with van der Waals surface area (Å²) in [6.45, 7) is 0. The molecule has 5 N–H and O–H groups in total. The third-order valence-electron chi connectivity index (χ3n) is 3.63. The van der Waals surface area contributed by atoms with Crippen LogP contribution in [0.4, 0.5) is 17.2 Å². The Balaban J connectivity index is 1.86. The molecule has 0 spiro atoms. The van der Waals surface area contributed by atoms with Crippen LogP contribution in [-0.4, -0.2) is 30.5 Å². The van der Waals surface area contributed by atoms with Crippen molar-refractivity contribution in [2.75, 3.05) is 11.1 Å². The van der Waals surface area contributed by atoms with Gasteiger partial charge in [0.05, 0.1) is 11.1 Å². The molecule has 1 aromatic carbocycles. The lowest BCUT2D eigenvalue weighted by molar-refractivity contribution is 0.475. The largest absolute Gasteiger partial charge is 0.508 e. The van der Waals surface area contributed by atoms with Gasteiger partial charge in [0.1, 0.15) is 17.3 Å². The van der Waals surface area contributed by atoms with Gasteiger partial charge in [0.25, 0.3) is 0 Å². The molecule has 0 atom stereocenters.